The van der Waals surface area contributed by atoms with Crippen LogP contribution in [0.1, 0.15) is 32.0 Å². The van der Waals surface area contributed by atoms with Gasteiger partial charge in [0.15, 0.2) is 0 Å². The lowest BCUT2D eigenvalue weighted by atomic mass is 10.00. The number of amides is 1. The Balaban J connectivity index is 1.69. The topological polar surface area (TPSA) is 58.6 Å². The highest BCUT2D eigenvalue weighted by atomic mass is 32.1. The second-order valence-corrected chi connectivity index (χ2v) is 7.49. The van der Waals surface area contributed by atoms with Gasteiger partial charge in [-0.1, -0.05) is 6.92 Å². The van der Waals surface area contributed by atoms with Crippen LogP contribution in [0, 0.1) is 0 Å². The summed E-state index contributed by atoms with van der Waals surface area (Å²) >= 11 is 1.64. The smallest absolute Gasteiger partial charge is 0.245 e. The quantitative estimate of drug-likeness (QED) is 0.842. The van der Waals surface area contributed by atoms with Crippen molar-refractivity contribution in [2.24, 2.45) is 0 Å². The molecule has 0 radical (unpaired) electrons. The Morgan fingerprint density at radius 3 is 2.92 bits per heavy atom. The third-order valence-corrected chi connectivity index (χ3v) is 5.86. The molecule has 0 aliphatic carbocycles. The molecule has 0 aromatic carbocycles. The minimum absolute atomic E-state index is 0.116. The highest BCUT2D eigenvalue weighted by molar-refractivity contribution is 7.16. The van der Waals surface area contributed by atoms with E-state index in [0.29, 0.717) is 26.3 Å². The zero-order chi connectivity index (χ0) is 17.2. The molecule has 2 saturated heterocycles. The lowest BCUT2D eigenvalue weighted by molar-refractivity contribution is -0.137. The van der Waals surface area contributed by atoms with Gasteiger partial charge in [0.05, 0.1) is 18.6 Å². The monoisotopic (exact) mass is 360 g/mol. The Bertz CT molecular complexity index is 757. The maximum atomic E-state index is 13.2. The Labute approximate surface area is 151 Å². The molecule has 134 valence electrons. The van der Waals surface area contributed by atoms with Gasteiger partial charge in [-0.3, -0.25) is 4.79 Å². The number of aromatic nitrogens is 2. The molecule has 2 aromatic rings. The second kappa shape index (κ2) is 7.25. The van der Waals surface area contributed by atoms with Crippen molar-refractivity contribution in [3.05, 3.63) is 17.3 Å². The zero-order valence-electron chi connectivity index (χ0n) is 14.6. The van der Waals surface area contributed by atoms with E-state index in [1.165, 1.54) is 0 Å². The number of hydrogen-bond donors (Lipinski definition) is 0. The first-order chi connectivity index (χ1) is 12.3. The molecular weight excluding hydrogens is 336 g/mol. The number of hydrogen-bond acceptors (Lipinski definition) is 6. The summed E-state index contributed by atoms with van der Waals surface area (Å²) < 4.78 is 5.40. The minimum Gasteiger partial charge on any atom is -0.378 e. The number of nitrogens with zero attached hydrogens (tertiary/aromatic N) is 4. The van der Waals surface area contributed by atoms with Crippen molar-refractivity contribution in [3.63, 3.8) is 0 Å². The van der Waals surface area contributed by atoms with Crippen LogP contribution in [-0.2, 0) is 16.0 Å². The average Bonchev–Trinajstić information content (AvgIpc) is 3.16. The van der Waals surface area contributed by atoms with Gasteiger partial charge in [0, 0.05) is 26.1 Å². The third kappa shape index (κ3) is 3.22. The molecule has 0 bridgehead atoms. The highest BCUT2D eigenvalue weighted by Crippen LogP contribution is 2.32. The average molecular weight is 360 g/mol. The molecule has 7 heteroatoms. The standard InChI is InChI=1S/C18H24N4O2S/c1-2-15-19-16(13-6-12-25-17(13)20-15)22-7-4-3-5-14(22)18(23)21-8-10-24-11-9-21/h6,12,14H,2-5,7-11H2,1H3. The molecule has 1 amide bonds. The molecule has 2 aliphatic rings. The van der Waals surface area contributed by atoms with Crippen molar-refractivity contribution >= 4 is 33.3 Å². The number of anilines is 1. The van der Waals surface area contributed by atoms with Crippen molar-refractivity contribution in [2.75, 3.05) is 37.7 Å². The summed E-state index contributed by atoms with van der Waals surface area (Å²) in [7, 11) is 0. The number of carbonyl (C=O) groups excluding carboxylic acids is 1. The first-order valence-electron chi connectivity index (χ1n) is 9.15. The van der Waals surface area contributed by atoms with E-state index in [0.717, 1.165) is 54.1 Å². The normalized spacial score (nSPS) is 21.7. The molecule has 0 N–H and O–H groups in total. The largest absolute Gasteiger partial charge is 0.378 e. The molecule has 25 heavy (non-hydrogen) atoms. The van der Waals surface area contributed by atoms with Crippen LogP contribution in [0.5, 0.6) is 0 Å². The maximum Gasteiger partial charge on any atom is 0.245 e. The number of piperidine rings is 1. The van der Waals surface area contributed by atoms with E-state index in [1.807, 2.05) is 4.90 Å². The predicted octanol–water partition coefficient (Wildman–Crippen LogP) is 2.47. The number of ether oxygens (including phenoxy) is 1. The van der Waals surface area contributed by atoms with Gasteiger partial charge in [0.25, 0.3) is 0 Å². The fourth-order valence-electron chi connectivity index (χ4n) is 3.70. The molecule has 2 aliphatic heterocycles. The number of aryl methyl sites for hydroxylation is 1. The Morgan fingerprint density at radius 1 is 1.28 bits per heavy atom. The molecular formula is C18H24N4O2S. The van der Waals surface area contributed by atoms with E-state index in [-0.39, 0.29) is 11.9 Å². The summed E-state index contributed by atoms with van der Waals surface area (Å²) in [4.78, 5) is 27.8. The SMILES string of the molecule is CCc1nc(N2CCCCC2C(=O)N2CCOCC2)c2ccsc2n1. The summed E-state index contributed by atoms with van der Waals surface area (Å²) in [6.07, 6.45) is 3.89. The van der Waals surface area contributed by atoms with Crippen molar-refractivity contribution < 1.29 is 9.53 Å². The highest BCUT2D eigenvalue weighted by Gasteiger charge is 2.34. The van der Waals surface area contributed by atoms with E-state index in [2.05, 4.69) is 28.3 Å². The van der Waals surface area contributed by atoms with E-state index in [9.17, 15) is 4.79 Å². The molecule has 4 rings (SSSR count). The summed E-state index contributed by atoms with van der Waals surface area (Å²) in [5.74, 6) is 2.02. The molecule has 1 unspecified atom stereocenters. The first kappa shape index (κ1) is 16.7. The van der Waals surface area contributed by atoms with Crippen LogP contribution in [0.15, 0.2) is 11.4 Å². The van der Waals surface area contributed by atoms with Crippen LogP contribution < -0.4 is 4.90 Å². The van der Waals surface area contributed by atoms with Crippen LogP contribution in [0.3, 0.4) is 0 Å². The maximum absolute atomic E-state index is 13.2. The van der Waals surface area contributed by atoms with Crippen molar-refractivity contribution in [1.82, 2.24) is 14.9 Å². The van der Waals surface area contributed by atoms with E-state index in [4.69, 9.17) is 9.72 Å². The second-order valence-electron chi connectivity index (χ2n) is 6.60. The Hall–Kier alpha value is -1.73. The number of thiophene rings is 1. The summed E-state index contributed by atoms with van der Waals surface area (Å²) in [6, 6.07) is 1.97. The van der Waals surface area contributed by atoms with E-state index >= 15 is 0 Å². The van der Waals surface area contributed by atoms with Crippen molar-refractivity contribution in [2.45, 2.75) is 38.6 Å². The summed E-state index contributed by atoms with van der Waals surface area (Å²) in [5, 5.41) is 3.13. The van der Waals surface area contributed by atoms with Gasteiger partial charge in [-0.25, -0.2) is 9.97 Å². The minimum atomic E-state index is -0.116. The predicted molar refractivity (Wildman–Crippen MR) is 99.2 cm³/mol. The van der Waals surface area contributed by atoms with Gasteiger partial charge in [0.1, 0.15) is 22.5 Å². The van der Waals surface area contributed by atoms with Gasteiger partial charge in [-0.05, 0) is 30.7 Å². The molecule has 2 aromatic heterocycles. The van der Waals surface area contributed by atoms with Gasteiger partial charge in [-0.2, -0.15) is 0 Å². The fraction of sp³-hybridized carbons (Fsp3) is 0.611. The molecule has 0 saturated carbocycles. The number of fused-ring (bicyclic) bond motifs is 1. The lowest BCUT2D eigenvalue weighted by Gasteiger charge is -2.39. The van der Waals surface area contributed by atoms with Crippen LogP contribution in [0.25, 0.3) is 10.2 Å². The zero-order valence-corrected chi connectivity index (χ0v) is 15.4. The molecule has 6 nitrogen and oxygen atoms in total. The van der Waals surface area contributed by atoms with Crippen LogP contribution in [0.4, 0.5) is 5.82 Å². The molecule has 2 fully saturated rings. The van der Waals surface area contributed by atoms with Gasteiger partial charge in [0.2, 0.25) is 5.91 Å². The van der Waals surface area contributed by atoms with E-state index in [1.54, 1.807) is 11.3 Å². The van der Waals surface area contributed by atoms with Crippen molar-refractivity contribution in [1.29, 1.82) is 0 Å². The summed E-state index contributed by atoms with van der Waals surface area (Å²) in [6.45, 7) is 5.63. The Morgan fingerprint density at radius 2 is 2.12 bits per heavy atom. The van der Waals surface area contributed by atoms with Crippen LogP contribution in [0.2, 0.25) is 0 Å². The van der Waals surface area contributed by atoms with Crippen LogP contribution >= 0.6 is 11.3 Å². The first-order valence-corrected chi connectivity index (χ1v) is 10.0. The molecule has 0 spiro atoms. The Kier molecular flexibility index (Phi) is 4.85. The van der Waals surface area contributed by atoms with Gasteiger partial charge in [-0.15, -0.1) is 11.3 Å². The van der Waals surface area contributed by atoms with Gasteiger partial charge < -0.3 is 14.5 Å². The molecule has 1 atom stereocenters. The van der Waals surface area contributed by atoms with E-state index < -0.39 is 0 Å². The van der Waals surface area contributed by atoms with Gasteiger partial charge >= 0.3 is 0 Å². The molecule has 4 heterocycles. The number of morpholine rings is 1. The lowest BCUT2D eigenvalue weighted by Crippen LogP contribution is -2.54. The number of carbonyl (C=O) groups is 1. The third-order valence-electron chi connectivity index (χ3n) is 5.05. The van der Waals surface area contributed by atoms with Crippen LogP contribution in [-0.4, -0.2) is 59.7 Å². The summed E-state index contributed by atoms with van der Waals surface area (Å²) in [5.41, 5.74) is 0. The number of rotatable bonds is 3. The fourth-order valence-corrected chi connectivity index (χ4v) is 4.47. The van der Waals surface area contributed by atoms with Crippen molar-refractivity contribution in [3.8, 4) is 0 Å².